The number of aryl methyl sites for hydroxylation is 1. The van der Waals surface area contributed by atoms with Gasteiger partial charge in [-0.1, -0.05) is 0 Å². The second-order valence-corrected chi connectivity index (χ2v) is 5.60. The summed E-state index contributed by atoms with van der Waals surface area (Å²) in [5.41, 5.74) is 4.01. The highest BCUT2D eigenvalue weighted by Crippen LogP contribution is 2.22. The lowest BCUT2D eigenvalue weighted by atomic mass is 10.2. The third-order valence-electron chi connectivity index (χ3n) is 3.12. The van der Waals surface area contributed by atoms with Crippen LogP contribution in [0.3, 0.4) is 0 Å². The molecule has 0 aliphatic rings. The molecule has 104 valence electrons. The zero-order valence-corrected chi connectivity index (χ0v) is 12.3. The number of hydrogen-bond donors (Lipinski definition) is 1. The third-order valence-corrected chi connectivity index (χ3v) is 4.14. The van der Waals surface area contributed by atoms with Crippen LogP contribution in [-0.4, -0.2) is 12.1 Å². The van der Waals surface area contributed by atoms with Gasteiger partial charge >= 0.3 is 0 Å². The predicted molar refractivity (Wildman–Crippen MR) is 81.1 cm³/mol. The third kappa shape index (κ3) is 2.69. The molecule has 0 radical (unpaired) electrons. The van der Waals surface area contributed by atoms with E-state index in [9.17, 15) is 0 Å². The van der Waals surface area contributed by atoms with Crippen LogP contribution in [0.15, 0.2) is 34.1 Å². The maximum atomic E-state index is 5.57. The zero-order valence-electron chi connectivity index (χ0n) is 11.5. The maximum absolute atomic E-state index is 5.57. The van der Waals surface area contributed by atoms with Crippen molar-refractivity contribution in [2.75, 3.05) is 12.4 Å². The second kappa shape index (κ2) is 5.64. The van der Waals surface area contributed by atoms with Crippen LogP contribution in [0.2, 0.25) is 0 Å². The Morgan fingerprint density at radius 3 is 3.00 bits per heavy atom. The van der Waals surface area contributed by atoms with E-state index in [1.54, 1.807) is 18.4 Å². The predicted octanol–water partition coefficient (Wildman–Crippen LogP) is 3.96. The summed E-state index contributed by atoms with van der Waals surface area (Å²) in [6.07, 6.45) is 0. The van der Waals surface area contributed by atoms with Crippen molar-refractivity contribution in [1.82, 2.24) is 4.98 Å². The van der Waals surface area contributed by atoms with Crippen molar-refractivity contribution in [3.8, 4) is 0 Å². The van der Waals surface area contributed by atoms with Crippen molar-refractivity contribution < 1.29 is 9.15 Å². The average Bonchev–Trinajstić information content (AvgIpc) is 3.02. The minimum Gasteiger partial charge on any atom is -0.438 e. The highest BCUT2D eigenvalue weighted by molar-refractivity contribution is 7.10. The lowest BCUT2D eigenvalue weighted by Crippen LogP contribution is -1.98. The van der Waals surface area contributed by atoms with Crippen molar-refractivity contribution in [2.24, 2.45) is 0 Å². The Hall–Kier alpha value is -1.85. The monoisotopic (exact) mass is 288 g/mol. The van der Waals surface area contributed by atoms with Gasteiger partial charge in [0, 0.05) is 24.2 Å². The van der Waals surface area contributed by atoms with Crippen LogP contribution < -0.4 is 5.32 Å². The number of hydrogen-bond acceptors (Lipinski definition) is 5. The highest BCUT2D eigenvalue weighted by atomic mass is 32.1. The molecular weight excluding hydrogens is 272 g/mol. The van der Waals surface area contributed by atoms with Crippen molar-refractivity contribution in [3.05, 3.63) is 46.0 Å². The molecule has 0 aliphatic heterocycles. The number of thiophene rings is 1. The molecule has 20 heavy (non-hydrogen) atoms. The van der Waals surface area contributed by atoms with E-state index in [0.717, 1.165) is 23.3 Å². The molecular formula is C15H16N2O2S. The molecule has 0 unspecified atom stereocenters. The van der Waals surface area contributed by atoms with E-state index >= 15 is 0 Å². The summed E-state index contributed by atoms with van der Waals surface area (Å²) >= 11 is 1.77. The number of fused-ring (bicyclic) bond motifs is 1. The van der Waals surface area contributed by atoms with Gasteiger partial charge in [0.1, 0.15) is 12.1 Å². The molecule has 0 bridgehead atoms. The minimum absolute atomic E-state index is 0.395. The number of oxazole rings is 1. The van der Waals surface area contributed by atoms with E-state index in [1.165, 1.54) is 10.4 Å². The zero-order chi connectivity index (χ0) is 13.9. The van der Waals surface area contributed by atoms with Gasteiger partial charge in [-0.2, -0.15) is 0 Å². The van der Waals surface area contributed by atoms with Gasteiger partial charge in [0.2, 0.25) is 5.89 Å². The summed E-state index contributed by atoms with van der Waals surface area (Å²) in [7, 11) is 1.63. The molecule has 1 N–H and O–H groups in total. The van der Waals surface area contributed by atoms with Crippen LogP contribution in [0, 0.1) is 6.92 Å². The molecule has 2 heterocycles. The number of anilines is 1. The van der Waals surface area contributed by atoms with Gasteiger partial charge in [-0.3, -0.25) is 0 Å². The second-order valence-electron chi connectivity index (χ2n) is 4.60. The van der Waals surface area contributed by atoms with Gasteiger partial charge in [-0.05, 0) is 42.1 Å². The van der Waals surface area contributed by atoms with Crippen molar-refractivity contribution in [1.29, 1.82) is 0 Å². The van der Waals surface area contributed by atoms with Gasteiger partial charge < -0.3 is 14.5 Å². The number of methoxy groups -OCH3 is 1. The topological polar surface area (TPSA) is 47.3 Å². The van der Waals surface area contributed by atoms with E-state index in [1.807, 2.05) is 18.2 Å². The Labute approximate surface area is 121 Å². The van der Waals surface area contributed by atoms with Crippen molar-refractivity contribution in [2.45, 2.75) is 20.1 Å². The van der Waals surface area contributed by atoms with Crippen LogP contribution >= 0.6 is 11.3 Å². The van der Waals surface area contributed by atoms with E-state index in [4.69, 9.17) is 9.15 Å². The molecule has 3 aromatic rings. The van der Waals surface area contributed by atoms with Crippen molar-refractivity contribution >= 4 is 28.1 Å². The van der Waals surface area contributed by atoms with Crippen LogP contribution in [0.1, 0.15) is 16.3 Å². The Kier molecular flexibility index (Phi) is 3.71. The Morgan fingerprint density at radius 2 is 2.25 bits per heavy atom. The Balaban J connectivity index is 1.76. The van der Waals surface area contributed by atoms with Crippen LogP contribution in [0.4, 0.5) is 5.69 Å². The molecule has 2 aromatic heterocycles. The fourth-order valence-electron chi connectivity index (χ4n) is 2.04. The lowest BCUT2D eigenvalue weighted by molar-refractivity contribution is 0.161. The maximum Gasteiger partial charge on any atom is 0.221 e. The molecule has 0 amide bonds. The summed E-state index contributed by atoms with van der Waals surface area (Å²) in [5.74, 6) is 0.605. The van der Waals surface area contributed by atoms with E-state index in [0.29, 0.717) is 12.5 Å². The minimum atomic E-state index is 0.395. The lowest BCUT2D eigenvalue weighted by Gasteiger charge is -2.05. The Morgan fingerprint density at radius 1 is 1.35 bits per heavy atom. The molecule has 0 spiro atoms. The molecule has 0 saturated heterocycles. The Bertz CT molecular complexity index is 718. The fraction of sp³-hybridized carbons (Fsp3) is 0.267. The largest absolute Gasteiger partial charge is 0.438 e. The number of ether oxygens (including phenoxy) is 1. The molecule has 0 fully saturated rings. The molecule has 1 aromatic carbocycles. The molecule has 4 nitrogen and oxygen atoms in total. The first-order valence-corrected chi connectivity index (χ1v) is 7.29. The number of nitrogens with one attached hydrogen (secondary N) is 1. The average molecular weight is 288 g/mol. The summed E-state index contributed by atoms with van der Waals surface area (Å²) in [6, 6.07) is 8.08. The van der Waals surface area contributed by atoms with Gasteiger partial charge in [0.05, 0.1) is 0 Å². The molecule has 0 saturated carbocycles. The standard InChI is InChI=1S/C15H16N2O2S/c1-10-5-6-20-14(10)8-16-11-3-4-13-12(7-11)17-15(19-13)9-18-2/h3-7,16H,8-9H2,1-2H3. The summed E-state index contributed by atoms with van der Waals surface area (Å²) in [5, 5.41) is 5.53. The van der Waals surface area contributed by atoms with Crippen LogP contribution in [-0.2, 0) is 17.9 Å². The van der Waals surface area contributed by atoms with Gasteiger partial charge in [0.25, 0.3) is 0 Å². The molecule has 0 atom stereocenters. The first-order chi connectivity index (χ1) is 9.76. The smallest absolute Gasteiger partial charge is 0.221 e. The summed E-state index contributed by atoms with van der Waals surface area (Å²) in [4.78, 5) is 5.75. The van der Waals surface area contributed by atoms with E-state index in [-0.39, 0.29) is 0 Å². The van der Waals surface area contributed by atoms with Gasteiger partial charge in [-0.25, -0.2) is 4.98 Å². The van der Waals surface area contributed by atoms with E-state index in [2.05, 4.69) is 28.7 Å². The summed E-state index contributed by atoms with van der Waals surface area (Å²) < 4.78 is 10.6. The first kappa shape index (κ1) is 13.1. The molecule has 0 aliphatic carbocycles. The normalized spacial score (nSPS) is 11.1. The number of benzene rings is 1. The fourth-order valence-corrected chi connectivity index (χ4v) is 2.88. The molecule has 3 rings (SSSR count). The van der Waals surface area contributed by atoms with Gasteiger partial charge in [0.15, 0.2) is 5.58 Å². The van der Waals surface area contributed by atoms with Gasteiger partial charge in [-0.15, -0.1) is 11.3 Å². The molecule has 5 heteroatoms. The SMILES string of the molecule is COCc1nc2cc(NCc3sccc3C)ccc2o1. The quantitative estimate of drug-likeness (QED) is 0.772. The van der Waals surface area contributed by atoms with Crippen LogP contribution in [0.25, 0.3) is 11.1 Å². The van der Waals surface area contributed by atoms with Crippen molar-refractivity contribution in [3.63, 3.8) is 0 Å². The highest BCUT2D eigenvalue weighted by Gasteiger charge is 2.06. The first-order valence-electron chi connectivity index (χ1n) is 6.41. The van der Waals surface area contributed by atoms with Crippen LogP contribution in [0.5, 0.6) is 0 Å². The number of aromatic nitrogens is 1. The number of rotatable bonds is 5. The van der Waals surface area contributed by atoms with E-state index < -0.39 is 0 Å². The number of nitrogens with zero attached hydrogens (tertiary/aromatic N) is 1. The summed E-state index contributed by atoms with van der Waals surface area (Å²) in [6.45, 7) is 3.36.